The Bertz CT molecular complexity index is 1140. The highest BCUT2D eigenvalue weighted by Gasteiger charge is 2.37. The third-order valence-corrected chi connectivity index (χ3v) is 7.69. The van der Waals surface area contributed by atoms with Gasteiger partial charge < -0.3 is 9.64 Å². The number of hydrogen-bond acceptors (Lipinski definition) is 5. The molecule has 0 spiro atoms. The lowest BCUT2D eigenvalue weighted by Gasteiger charge is -2.34. The number of morpholine rings is 1. The first-order chi connectivity index (χ1) is 18.0. The van der Waals surface area contributed by atoms with Crippen LogP contribution in [-0.2, 0) is 14.3 Å². The summed E-state index contributed by atoms with van der Waals surface area (Å²) in [4.78, 5) is 31.0. The van der Waals surface area contributed by atoms with Gasteiger partial charge in [-0.25, -0.2) is 9.40 Å². The Morgan fingerprint density at radius 1 is 1.08 bits per heavy atom. The highest BCUT2D eigenvalue weighted by molar-refractivity contribution is 6.03. The van der Waals surface area contributed by atoms with Crippen LogP contribution in [0.2, 0.25) is 0 Å². The zero-order valence-electron chi connectivity index (χ0n) is 21.4. The molecule has 1 aliphatic carbocycles. The van der Waals surface area contributed by atoms with E-state index in [1.807, 2.05) is 31.2 Å². The normalized spacial score (nSPS) is 20.4. The number of nitrogens with zero attached hydrogens (tertiary/aromatic N) is 4. The topological polar surface area (TPSA) is 65.5 Å². The highest BCUT2D eigenvalue weighted by Crippen LogP contribution is 2.34. The monoisotopic (exact) mass is 506 g/mol. The molecule has 0 unspecified atom stereocenters. The standard InChI is InChI=1S/C29H35FN4O3/c1-21-9-11-22(12-10-21)27-19-26(24-7-2-3-8-25(24)30)31-34(27)28(35)20-33(29(36)23-5-4-6-23)14-13-32-15-17-37-18-16-32/h2-3,7-12,23,27H,4-6,13-20H2,1H3/t27-/m1/s1. The van der Waals surface area contributed by atoms with E-state index in [0.29, 0.717) is 44.0 Å². The lowest BCUT2D eigenvalue weighted by atomic mass is 9.84. The summed E-state index contributed by atoms with van der Waals surface area (Å²) in [6.45, 7) is 6.23. The molecule has 2 amide bonds. The molecule has 3 aliphatic rings. The maximum atomic E-state index is 14.6. The molecule has 7 nitrogen and oxygen atoms in total. The third-order valence-electron chi connectivity index (χ3n) is 7.69. The van der Waals surface area contributed by atoms with E-state index in [2.05, 4.69) is 10.0 Å². The van der Waals surface area contributed by atoms with Gasteiger partial charge in [0.25, 0.3) is 5.91 Å². The van der Waals surface area contributed by atoms with E-state index in [0.717, 1.165) is 43.5 Å². The van der Waals surface area contributed by atoms with Gasteiger partial charge in [0, 0.05) is 44.1 Å². The quantitative estimate of drug-likeness (QED) is 0.547. The van der Waals surface area contributed by atoms with Crippen LogP contribution in [-0.4, -0.2) is 78.3 Å². The fourth-order valence-corrected chi connectivity index (χ4v) is 5.15. The van der Waals surface area contributed by atoms with Gasteiger partial charge in [0.15, 0.2) is 0 Å². The highest BCUT2D eigenvalue weighted by atomic mass is 19.1. The van der Waals surface area contributed by atoms with Crippen molar-refractivity contribution in [3.63, 3.8) is 0 Å². The largest absolute Gasteiger partial charge is 0.379 e. The Hall–Kier alpha value is -3.10. The van der Waals surface area contributed by atoms with Gasteiger partial charge in [-0.15, -0.1) is 0 Å². The van der Waals surface area contributed by atoms with Gasteiger partial charge in [0.1, 0.15) is 12.4 Å². The van der Waals surface area contributed by atoms with Crippen molar-refractivity contribution in [1.29, 1.82) is 0 Å². The molecule has 37 heavy (non-hydrogen) atoms. The number of carbonyl (C=O) groups excluding carboxylic acids is 2. The summed E-state index contributed by atoms with van der Waals surface area (Å²) in [5.74, 6) is -0.546. The van der Waals surface area contributed by atoms with E-state index in [9.17, 15) is 14.0 Å². The van der Waals surface area contributed by atoms with Crippen molar-refractivity contribution in [1.82, 2.24) is 14.8 Å². The van der Waals surface area contributed by atoms with Crippen LogP contribution in [0.4, 0.5) is 4.39 Å². The number of amides is 2. The van der Waals surface area contributed by atoms with E-state index in [1.54, 1.807) is 23.1 Å². The van der Waals surface area contributed by atoms with Crippen molar-refractivity contribution < 1.29 is 18.7 Å². The van der Waals surface area contributed by atoms with Gasteiger partial charge in [0.05, 0.1) is 25.0 Å². The Labute approximate surface area is 217 Å². The molecule has 2 fully saturated rings. The molecule has 0 aromatic heterocycles. The van der Waals surface area contributed by atoms with Crippen molar-refractivity contribution in [2.24, 2.45) is 11.0 Å². The molecular weight excluding hydrogens is 471 g/mol. The van der Waals surface area contributed by atoms with Crippen LogP contribution in [0.5, 0.6) is 0 Å². The number of aryl methyl sites for hydroxylation is 1. The number of ether oxygens (including phenoxy) is 1. The van der Waals surface area contributed by atoms with Crippen LogP contribution in [0.1, 0.15) is 48.4 Å². The molecule has 0 radical (unpaired) electrons. The number of halogens is 1. The maximum Gasteiger partial charge on any atom is 0.262 e. The van der Waals surface area contributed by atoms with E-state index in [-0.39, 0.29) is 36.1 Å². The van der Waals surface area contributed by atoms with Crippen LogP contribution < -0.4 is 0 Å². The van der Waals surface area contributed by atoms with Crippen molar-refractivity contribution in [3.05, 3.63) is 71.0 Å². The SMILES string of the molecule is Cc1ccc([C@H]2CC(c3ccccc3F)=NN2C(=O)CN(CCN2CCOCC2)C(=O)C2CCC2)cc1. The molecular formula is C29H35FN4O3. The van der Waals surface area contributed by atoms with Crippen LogP contribution >= 0.6 is 0 Å². The van der Waals surface area contributed by atoms with E-state index in [1.165, 1.54) is 11.1 Å². The lowest BCUT2D eigenvalue weighted by Crippen LogP contribution is -2.49. The number of hydrazone groups is 1. The summed E-state index contributed by atoms with van der Waals surface area (Å²) in [7, 11) is 0. The zero-order valence-corrected chi connectivity index (χ0v) is 21.4. The van der Waals surface area contributed by atoms with Gasteiger partial charge >= 0.3 is 0 Å². The summed E-state index contributed by atoms with van der Waals surface area (Å²) in [5.41, 5.74) is 3.02. The van der Waals surface area contributed by atoms with Crippen LogP contribution in [0.25, 0.3) is 0 Å². The second kappa shape index (κ2) is 11.5. The zero-order chi connectivity index (χ0) is 25.8. The second-order valence-corrected chi connectivity index (χ2v) is 10.2. The number of rotatable bonds is 8. The number of benzene rings is 2. The third kappa shape index (κ3) is 5.91. The summed E-state index contributed by atoms with van der Waals surface area (Å²) >= 11 is 0. The van der Waals surface area contributed by atoms with Crippen LogP contribution in [0.3, 0.4) is 0 Å². The number of hydrogen-bond donors (Lipinski definition) is 0. The fourth-order valence-electron chi connectivity index (χ4n) is 5.15. The molecule has 1 saturated carbocycles. The Balaban J connectivity index is 1.37. The van der Waals surface area contributed by atoms with Crippen molar-refractivity contribution in [3.8, 4) is 0 Å². The molecule has 2 aromatic carbocycles. The van der Waals surface area contributed by atoms with Crippen LogP contribution in [0, 0.1) is 18.7 Å². The van der Waals surface area contributed by atoms with Crippen molar-refractivity contribution >= 4 is 17.5 Å². The van der Waals surface area contributed by atoms with Gasteiger partial charge in [0.2, 0.25) is 5.91 Å². The molecule has 196 valence electrons. The Morgan fingerprint density at radius 3 is 2.49 bits per heavy atom. The molecule has 1 atom stereocenters. The summed E-state index contributed by atoms with van der Waals surface area (Å²) < 4.78 is 20.1. The molecule has 1 saturated heterocycles. The summed E-state index contributed by atoms with van der Waals surface area (Å²) in [5, 5.41) is 6.11. The van der Waals surface area contributed by atoms with E-state index in [4.69, 9.17) is 4.74 Å². The Morgan fingerprint density at radius 2 is 1.81 bits per heavy atom. The fraction of sp³-hybridized carbons (Fsp3) is 0.483. The smallest absolute Gasteiger partial charge is 0.262 e. The predicted octanol–water partition coefficient (Wildman–Crippen LogP) is 3.77. The summed E-state index contributed by atoms with van der Waals surface area (Å²) in [6.07, 6.45) is 3.23. The van der Waals surface area contributed by atoms with Gasteiger partial charge in [-0.05, 0) is 31.4 Å². The van der Waals surface area contributed by atoms with Crippen molar-refractivity contribution in [2.45, 2.75) is 38.6 Å². The molecule has 2 aromatic rings. The Kier molecular flexibility index (Phi) is 7.96. The van der Waals surface area contributed by atoms with Crippen LogP contribution in [0.15, 0.2) is 53.6 Å². The first kappa shape index (κ1) is 25.5. The minimum atomic E-state index is -0.356. The van der Waals surface area contributed by atoms with E-state index >= 15 is 0 Å². The van der Waals surface area contributed by atoms with E-state index < -0.39 is 0 Å². The molecule has 2 heterocycles. The molecule has 0 bridgehead atoms. The van der Waals surface area contributed by atoms with Gasteiger partial charge in [-0.2, -0.15) is 5.10 Å². The molecule has 8 heteroatoms. The first-order valence-corrected chi connectivity index (χ1v) is 13.3. The average Bonchev–Trinajstić information content (AvgIpc) is 3.32. The minimum Gasteiger partial charge on any atom is -0.379 e. The minimum absolute atomic E-state index is 0.00133. The van der Waals surface area contributed by atoms with Crippen molar-refractivity contribution in [2.75, 3.05) is 45.9 Å². The predicted molar refractivity (Wildman–Crippen MR) is 139 cm³/mol. The first-order valence-electron chi connectivity index (χ1n) is 13.3. The number of carbonyl (C=O) groups is 2. The molecule has 2 aliphatic heterocycles. The second-order valence-electron chi connectivity index (χ2n) is 10.2. The summed E-state index contributed by atoms with van der Waals surface area (Å²) in [6, 6.07) is 14.2. The lowest BCUT2D eigenvalue weighted by molar-refractivity contribution is -0.145. The van der Waals surface area contributed by atoms with Gasteiger partial charge in [-0.3, -0.25) is 14.5 Å². The van der Waals surface area contributed by atoms with Gasteiger partial charge in [-0.1, -0.05) is 54.4 Å². The molecule has 0 N–H and O–H groups in total. The maximum absolute atomic E-state index is 14.6. The molecule has 5 rings (SSSR count). The average molecular weight is 507 g/mol.